The van der Waals surface area contributed by atoms with Crippen molar-refractivity contribution in [3.8, 4) is 17.0 Å². The highest BCUT2D eigenvalue weighted by Crippen LogP contribution is 2.33. The maximum Gasteiger partial charge on any atom is 0.252 e. The molecule has 2 aromatic rings. The topological polar surface area (TPSA) is 60.5 Å². The number of hydrogen-bond acceptors (Lipinski definition) is 5. The molecule has 1 amide bonds. The van der Waals surface area contributed by atoms with E-state index in [4.69, 9.17) is 9.47 Å². The predicted octanol–water partition coefficient (Wildman–Crippen LogP) is 4.41. The van der Waals surface area contributed by atoms with Crippen molar-refractivity contribution in [3.05, 3.63) is 29.1 Å². The van der Waals surface area contributed by atoms with Crippen LogP contribution in [-0.4, -0.2) is 30.7 Å². The first-order valence-electron chi connectivity index (χ1n) is 8.67. The summed E-state index contributed by atoms with van der Waals surface area (Å²) >= 11 is 1.41. The van der Waals surface area contributed by atoms with Crippen molar-refractivity contribution in [1.82, 2.24) is 4.98 Å². The molecule has 134 valence electrons. The van der Waals surface area contributed by atoms with E-state index in [9.17, 15) is 4.79 Å². The van der Waals surface area contributed by atoms with Crippen molar-refractivity contribution in [3.63, 3.8) is 0 Å². The Morgan fingerprint density at radius 2 is 2.12 bits per heavy atom. The highest BCUT2D eigenvalue weighted by atomic mass is 32.1. The summed E-state index contributed by atoms with van der Waals surface area (Å²) in [6.45, 7) is 2.12. The van der Waals surface area contributed by atoms with Crippen LogP contribution in [0.1, 0.15) is 37.7 Å². The minimum Gasteiger partial charge on any atom is -0.496 e. The number of hydrogen-bond donors (Lipinski definition) is 1. The lowest BCUT2D eigenvalue weighted by molar-refractivity contribution is -0.123. The number of amides is 1. The molecule has 0 atom stereocenters. The van der Waals surface area contributed by atoms with Gasteiger partial charge in [0, 0.05) is 10.9 Å². The Kier molecular flexibility index (Phi) is 6.04. The quantitative estimate of drug-likeness (QED) is 0.829. The van der Waals surface area contributed by atoms with Gasteiger partial charge in [-0.05, 0) is 31.9 Å². The molecule has 1 fully saturated rings. The van der Waals surface area contributed by atoms with E-state index in [-0.39, 0.29) is 18.6 Å². The Morgan fingerprint density at radius 3 is 2.88 bits per heavy atom. The first-order valence-corrected chi connectivity index (χ1v) is 9.55. The van der Waals surface area contributed by atoms with E-state index < -0.39 is 0 Å². The zero-order chi connectivity index (χ0) is 17.6. The summed E-state index contributed by atoms with van der Waals surface area (Å²) in [5, 5.41) is 5.33. The van der Waals surface area contributed by atoms with Gasteiger partial charge in [0.25, 0.3) is 5.91 Å². The maximum atomic E-state index is 12.1. The molecule has 0 saturated heterocycles. The number of aromatic nitrogens is 1. The lowest BCUT2D eigenvalue weighted by Gasteiger charge is -2.21. The summed E-state index contributed by atoms with van der Waals surface area (Å²) in [6, 6.07) is 5.96. The van der Waals surface area contributed by atoms with Gasteiger partial charge in [0.2, 0.25) is 0 Å². The van der Waals surface area contributed by atoms with E-state index in [0.717, 1.165) is 35.4 Å². The molecule has 1 aliphatic rings. The fourth-order valence-corrected chi connectivity index (χ4v) is 3.78. The third-order valence-corrected chi connectivity index (χ3v) is 5.14. The maximum absolute atomic E-state index is 12.1. The summed E-state index contributed by atoms with van der Waals surface area (Å²) in [5.74, 6) is 0.622. The van der Waals surface area contributed by atoms with E-state index in [1.807, 2.05) is 30.5 Å². The number of thiazole rings is 1. The molecule has 1 saturated carbocycles. The molecule has 1 N–H and O–H groups in total. The Bertz CT molecular complexity index is 723. The summed E-state index contributed by atoms with van der Waals surface area (Å²) in [5.41, 5.74) is 2.86. The highest BCUT2D eigenvalue weighted by molar-refractivity contribution is 7.14. The normalized spacial score (nSPS) is 15.1. The number of aryl methyl sites for hydroxylation is 1. The molecule has 0 radical (unpaired) electrons. The molecule has 0 unspecified atom stereocenters. The summed E-state index contributed by atoms with van der Waals surface area (Å²) in [4.78, 5) is 16.6. The zero-order valence-electron chi connectivity index (χ0n) is 14.7. The molecule has 0 spiro atoms. The van der Waals surface area contributed by atoms with Crippen LogP contribution >= 0.6 is 11.3 Å². The molecule has 1 aliphatic carbocycles. The molecular formula is C19H24N2O3S. The molecule has 1 heterocycles. The van der Waals surface area contributed by atoms with Gasteiger partial charge in [-0.15, -0.1) is 11.3 Å². The van der Waals surface area contributed by atoms with Crippen molar-refractivity contribution in [2.45, 2.75) is 45.1 Å². The van der Waals surface area contributed by atoms with E-state index in [1.54, 1.807) is 7.11 Å². The molecule has 0 bridgehead atoms. The van der Waals surface area contributed by atoms with Crippen LogP contribution in [-0.2, 0) is 9.53 Å². The Labute approximate surface area is 152 Å². The average Bonchev–Trinajstić information content (AvgIpc) is 3.09. The minimum absolute atomic E-state index is 0.0906. The number of nitrogens with zero attached hydrogens (tertiary/aromatic N) is 1. The van der Waals surface area contributed by atoms with Crippen molar-refractivity contribution in [2.24, 2.45) is 0 Å². The van der Waals surface area contributed by atoms with Gasteiger partial charge >= 0.3 is 0 Å². The third-order valence-electron chi connectivity index (χ3n) is 4.38. The molecule has 5 nitrogen and oxygen atoms in total. The van der Waals surface area contributed by atoms with Gasteiger partial charge in [0.1, 0.15) is 12.4 Å². The van der Waals surface area contributed by atoms with E-state index in [0.29, 0.717) is 5.13 Å². The van der Waals surface area contributed by atoms with Gasteiger partial charge in [-0.25, -0.2) is 4.98 Å². The lowest BCUT2D eigenvalue weighted by Crippen LogP contribution is -2.24. The first-order chi connectivity index (χ1) is 12.2. The van der Waals surface area contributed by atoms with Gasteiger partial charge < -0.3 is 9.47 Å². The van der Waals surface area contributed by atoms with Gasteiger partial charge in [0.05, 0.1) is 18.9 Å². The fourth-order valence-electron chi connectivity index (χ4n) is 3.06. The molecule has 1 aromatic carbocycles. The van der Waals surface area contributed by atoms with Crippen LogP contribution in [0.25, 0.3) is 11.3 Å². The second-order valence-corrected chi connectivity index (χ2v) is 7.22. The summed E-state index contributed by atoms with van der Waals surface area (Å²) in [7, 11) is 1.64. The van der Waals surface area contributed by atoms with Crippen LogP contribution in [0.4, 0.5) is 5.13 Å². The van der Waals surface area contributed by atoms with Gasteiger partial charge in [-0.2, -0.15) is 0 Å². The van der Waals surface area contributed by atoms with E-state index in [1.165, 1.54) is 30.6 Å². The van der Waals surface area contributed by atoms with Crippen molar-refractivity contribution >= 4 is 22.4 Å². The number of anilines is 1. The number of nitrogens with one attached hydrogen (secondary N) is 1. The predicted molar refractivity (Wildman–Crippen MR) is 100 cm³/mol. The Morgan fingerprint density at radius 1 is 1.32 bits per heavy atom. The van der Waals surface area contributed by atoms with Crippen molar-refractivity contribution in [1.29, 1.82) is 0 Å². The molecule has 6 heteroatoms. The molecule has 1 aromatic heterocycles. The van der Waals surface area contributed by atoms with Crippen LogP contribution in [0.5, 0.6) is 5.75 Å². The monoisotopic (exact) mass is 360 g/mol. The lowest BCUT2D eigenvalue weighted by atomic mass is 9.98. The Balaban J connectivity index is 1.59. The average molecular weight is 360 g/mol. The number of benzene rings is 1. The number of rotatable bonds is 6. The molecule has 3 rings (SSSR count). The summed E-state index contributed by atoms with van der Waals surface area (Å²) in [6.07, 6.45) is 6.00. The number of carbonyl (C=O) groups excluding carboxylic acids is 1. The fraction of sp³-hybridized carbons (Fsp3) is 0.474. The van der Waals surface area contributed by atoms with Crippen LogP contribution in [0.3, 0.4) is 0 Å². The second-order valence-electron chi connectivity index (χ2n) is 6.36. The third kappa shape index (κ3) is 4.80. The van der Waals surface area contributed by atoms with Crippen LogP contribution < -0.4 is 10.1 Å². The van der Waals surface area contributed by atoms with Crippen LogP contribution in [0, 0.1) is 6.92 Å². The van der Waals surface area contributed by atoms with E-state index in [2.05, 4.69) is 10.3 Å². The van der Waals surface area contributed by atoms with E-state index >= 15 is 0 Å². The van der Waals surface area contributed by atoms with Crippen LogP contribution in [0.15, 0.2) is 23.6 Å². The molecule has 0 aliphatic heterocycles. The van der Waals surface area contributed by atoms with Crippen LogP contribution in [0.2, 0.25) is 0 Å². The second kappa shape index (κ2) is 8.45. The molecule has 25 heavy (non-hydrogen) atoms. The number of ether oxygens (including phenoxy) is 2. The highest BCUT2D eigenvalue weighted by Gasteiger charge is 2.16. The first kappa shape index (κ1) is 17.9. The zero-order valence-corrected chi connectivity index (χ0v) is 15.5. The standard InChI is InChI=1S/C19H24N2O3S/c1-13-8-9-17(23-2)15(10-13)16-12-25-19(20-16)21-18(22)11-24-14-6-4-3-5-7-14/h8-10,12,14H,3-7,11H2,1-2H3,(H,20,21,22). The summed E-state index contributed by atoms with van der Waals surface area (Å²) < 4.78 is 11.1. The number of carbonyl (C=O) groups is 1. The minimum atomic E-state index is -0.150. The molecular weight excluding hydrogens is 336 g/mol. The number of methoxy groups -OCH3 is 1. The van der Waals surface area contributed by atoms with Gasteiger partial charge in [-0.1, -0.05) is 30.9 Å². The van der Waals surface area contributed by atoms with Gasteiger partial charge in [0.15, 0.2) is 5.13 Å². The van der Waals surface area contributed by atoms with Gasteiger partial charge in [-0.3, -0.25) is 10.1 Å². The SMILES string of the molecule is COc1ccc(C)cc1-c1csc(NC(=O)COC2CCCCC2)n1. The largest absolute Gasteiger partial charge is 0.496 e. The Hall–Kier alpha value is -1.92. The smallest absolute Gasteiger partial charge is 0.252 e. The van der Waals surface area contributed by atoms with Crippen molar-refractivity contribution in [2.75, 3.05) is 19.0 Å². The van der Waals surface area contributed by atoms with Crippen molar-refractivity contribution < 1.29 is 14.3 Å².